The molecule has 1 atom stereocenters. The highest BCUT2D eigenvalue weighted by molar-refractivity contribution is 7.09. The van der Waals surface area contributed by atoms with Gasteiger partial charge in [0.15, 0.2) is 0 Å². The van der Waals surface area contributed by atoms with Crippen molar-refractivity contribution in [3.63, 3.8) is 0 Å². The van der Waals surface area contributed by atoms with Gasteiger partial charge in [-0.25, -0.2) is 4.98 Å². The molecule has 5 nitrogen and oxygen atoms in total. The van der Waals surface area contributed by atoms with Crippen LogP contribution in [-0.4, -0.2) is 40.6 Å². The summed E-state index contributed by atoms with van der Waals surface area (Å²) in [5.74, 6) is -0.0631. The fourth-order valence-electron chi connectivity index (χ4n) is 2.03. The topological polar surface area (TPSA) is 65.5 Å². The number of rotatable bonds is 7. The molecule has 23 heavy (non-hydrogen) atoms. The minimum atomic E-state index is -0.0631. The van der Waals surface area contributed by atoms with E-state index >= 15 is 0 Å². The van der Waals surface area contributed by atoms with Crippen molar-refractivity contribution >= 4 is 22.9 Å². The lowest BCUT2D eigenvalue weighted by atomic mass is 10.2. The first kappa shape index (κ1) is 17.6. The van der Waals surface area contributed by atoms with Crippen LogP contribution in [0.3, 0.4) is 0 Å². The van der Waals surface area contributed by atoms with Gasteiger partial charge in [-0.3, -0.25) is 9.69 Å². The Morgan fingerprint density at radius 3 is 2.74 bits per heavy atom. The second kappa shape index (κ2) is 8.19. The lowest BCUT2D eigenvalue weighted by molar-refractivity contribution is -0.115. The third-order valence-electron chi connectivity index (χ3n) is 3.67. The average Bonchev–Trinajstić information content (AvgIpc) is 2.95. The first-order valence-corrected chi connectivity index (χ1v) is 8.46. The standard InChI is InChI=1S/C17H23N3O2S/c1-12-4-6-14(7-5-12)18-16(22)8-17-19-15(11-23-17)9-20(3)13(2)10-21/h4-7,11,13,21H,8-10H2,1-3H3,(H,18,22). The van der Waals surface area contributed by atoms with Gasteiger partial charge in [0, 0.05) is 23.7 Å². The van der Waals surface area contributed by atoms with Crippen molar-refractivity contribution in [1.29, 1.82) is 0 Å². The number of thiazole rings is 1. The molecule has 6 heteroatoms. The van der Waals surface area contributed by atoms with Gasteiger partial charge in [0.2, 0.25) is 5.91 Å². The molecule has 1 aromatic carbocycles. The first-order chi connectivity index (χ1) is 11.0. The number of aliphatic hydroxyl groups is 1. The molecule has 124 valence electrons. The number of carbonyl (C=O) groups is 1. The monoisotopic (exact) mass is 333 g/mol. The zero-order chi connectivity index (χ0) is 16.8. The van der Waals surface area contributed by atoms with E-state index in [2.05, 4.69) is 10.3 Å². The zero-order valence-electron chi connectivity index (χ0n) is 13.7. The molecule has 2 aromatic rings. The van der Waals surface area contributed by atoms with Crippen LogP contribution in [0, 0.1) is 6.92 Å². The highest BCUT2D eigenvalue weighted by atomic mass is 32.1. The van der Waals surface area contributed by atoms with E-state index in [9.17, 15) is 4.79 Å². The lowest BCUT2D eigenvalue weighted by Crippen LogP contribution is -2.31. The summed E-state index contributed by atoms with van der Waals surface area (Å²) < 4.78 is 0. The molecule has 2 rings (SSSR count). The fraction of sp³-hybridized carbons (Fsp3) is 0.412. The number of nitrogens with zero attached hydrogens (tertiary/aromatic N) is 2. The zero-order valence-corrected chi connectivity index (χ0v) is 14.6. The van der Waals surface area contributed by atoms with Crippen molar-refractivity contribution in [3.05, 3.63) is 45.9 Å². The van der Waals surface area contributed by atoms with Crippen molar-refractivity contribution in [1.82, 2.24) is 9.88 Å². The Labute approximate surface area is 141 Å². The Hall–Kier alpha value is -1.76. The summed E-state index contributed by atoms with van der Waals surface area (Å²) in [5.41, 5.74) is 2.89. The highest BCUT2D eigenvalue weighted by Gasteiger charge is 2.12. The second-order valence-electron chi connectivity index (χ2n) is 5.77. The predicted octanol–water partition coefficient (Wildman–Crippen LogP) is 2.45. The molecule has 0 aliphatic heterocycles. The fourth-order valence-corrected chi connectivity index (χ4v) is 2.82. The van der Waals surface area contributed by atoms with E-state index in [0.29, 0.717) is 6.54 Å². The van der Waals surface area contributed by atoms with Gasteiger partial charge in [-0.2, -0.15) is 0 Å². The second-order valence-corrected chi connectivity index (χ2v) is 6.71. The molecular weight excluding hydrogens is 310 g/mol. The predicted molar refractivity (Wildman–Crippen MR) is 93.6 cm³/mol. The Morgan fingerprint density at radius 2 is 2.09 bits per heavy atom. The van der Waals surface area contributed by atoms with Crippen LogP contribution in [0.2, 0.25) is 0 Å². The quantitative estimate of drug-likeness (QED) is 0.817. The Balaban J connectivity index is 1.88. The summed E-state index contributed by atoms with van der Waals surface area (Å²) in [7, 11) is 1.95. The van der Waals surface area contributed by atoms with Crippen molar-refractivity contribution in [2.75, 3.05) is 19.0 Å². The van der Waals surface area contributed by atoms with Crippen LogP contribution in [-0.2, 0) is 17.8 Å². The minimum Gasteiger partial charge on any atom is -0.395 e. The van der Waals surface area contributed by atoms with Gasteiger partial charge in [-0.15, -0.1) is 11.3 Å². The van der Waals surface area contributed by atoms with Gasteiger partial charge in [0.05, 0.1) is 18.7 Å². The number of likely N-dealkylation sites (N-methyl/N-ethyl adjacent to an activating group) is 1. The smallest absolute Gasteiger partial charge is 0.231 e. The third-order valence-corrected chi connectivity index (χ3v) is 4.57. The van der Waals surface area contributed by atoms with Gasteiger partial charge in [0.1, 0.15) is 5.01 Å². The third kappa shape index (κ3) is 5.42. The Kier molecular flexibility index (Phi) is 6.27. The molecular formula is C17H23N3O2S. The summed E-state index contributed by atoms with van der Waals surface area (Å²) >= 11 is 1.49. The Bertz CT molecular complexity index is 640. The normalized spacial score (nSPS) is 12.4. The van der Waals surface area contributed by atoms with E-state index in [4.69, 9.17) is 5.11 Å². The van der Waals surface area contributed by atoms with Gasteiger partial charge in [0.25, 0.3) is 0 Å². The average molecular weight is 333 g/mol. The van der Waals surface area contributed by atoms with Gasteiger partial charge < -0.3 is 10.4 Å². The van der Waals surface area contributed by atoms with Crippen LogP contribution in [0.4, 0.5) is 5.69 Å². The number of anilines is 1. The summed E-state index contributed by atoms with van der Waals surface area (Å²) in [6, 6.07) is 7.81. The van der Waals surface area contributed by atoms with Crippen LogP contribution < -0.4 is 5.32 Å². The molecule has 0 radical (unpaired) electrons. The lowest BCUT2D eigenvalue weighted by Gasteiger charge is -2.21. The Morgan fingerprint density at radius 1 is 1.39 bits per heavy atom. The molecule has 0 fully saturated rings. The number of nitrogens with one attached hydrogen (secondary N) is 1. The number of amides is 1. The molecule has 1 unspecified atom stereocenters. The molecule has 1 heterocycles. The minimum absolute atomic E-state index is 0.0631. The summed E-state index contributed by atoms with van der Waals surface area (Å²) in [6.45, 7) is 4.75. The van der Waals surface area contributed by atoms with Gasteiger partial charge in [-0.1, -0.05) is 17.7 Å². The van der Waals surface area contributed by atoms with Crippen LogP contribution in [0.1, 0.15) is 23.2 Å². The summed E-state index contributed by atoms with van der Waals surface area (Å²) in [6.07, 6.45) is 0.276. The number of carbonyl (C=O) groups excluding carboxylic acids is 1. The molecule has 0 aliphatic rings. The van der Waals surface area contributed by atoms with Crippen LogP contribution in [0.5, 0.6) is 0 Å². The molecule has 1 amide bonds. The number of aliphatic hydroxyl groups excluding tert-OH is 1. The van der Waals surface area contributed by atoms with E-state index < -0.39 is 0 Å². The number of benzene rings is 1. The molecule has 0 spiro atoms. The van der Waals surface area contributed by atoms with E-state index in [-0.39, 0.29) is 25.0 Å². The summed E-state index contributed by atoms with van der Waals surface area (Å²) in [4.78, 5) is 18.6. The van der Waals surface area contributed by atoms with Crippen molar-refractivity contribution in [3.8, 4) is 0 Å². The molecule has 1 aromatic heterocycles. The number of aromatic nitrogens is 1. The number of hydrogen-bond donors (Lipinski definition) is 2. The summed E-state index contributed by atoms with van der Waals surface area (Å²) in [5, 5.41) is 14.8. The van der Waals surface area contributed by atoms with E-state index in [0.717, 1.165) is 22.0 Å². The van der Waals surface area contributed by atoms with Crippen molar-refractivity contribution < 1.29 is 9.90 Å². The molecule has 0 saturated heterocycles. The maximum absolute atomic E-state index is 12.1. The van der Waals surface area contributed by atoms with E-state index in [1.807, 2.05) is 55.4 Å². The van der Waals surface area contributed by atoms with E-state index in [1.54, 1.807) is 0 Å². The van der Waals surface area contributed by atoms with Gasteiger partial charge >= 0.3 is 0 Å². The van der Waals surface area contributed by atoms with Crippen LogP contribution in [0.15, 0.2) is 29.6 Å². The van der Waals surface area contributed by atoms with Crippen molar-refractivity contribution in [2.24, 2.45) is 0 Å². The largest absolute Gasteiger partial charge is 0.395 e. The van der Waals surface area contributed by atoms with Crippen molar-refractivity contribution in [2.45, 2.75) is 32.9 Å². The SMILES string of the molecule is Cc1ccc(NC(=O)Cc2nc(CN(C)C(C)CO)cs2)cc1. The number of hydrogen-bond acceptors (Lipinski definition) is 5. The molecule has 2 N–H and O–H groups in total. The van der Waals surface area contributed by atoms with Crippen LogP contribution >= 0.6 is 11.3 Å². The number of aryl methyl sites for hydroxylation is 1. The van der Waals surface area contributed by atoms with E-state index in [1.165, 1.54) is 11.3 Å². The maximum Gasteiger partial charge on any atom is 0.231 e. The van der Waals surface area contributed by atoms with Crippen LogP contribution in [0.25, 0.3) is 0 Å². The van der Waals surface area contributed by atoms with Gasteiger partial charge in [-0.05, 0) is 33.0 Å². The molecule has 0 aliphatic carbocycles. The molecule has 0 bridgehead atoms. The highest BCUT2D eigenvalue weighted by Crippen LogP contribution is 2.14. The first-order valence-electron chi connectivity index (χ1n) is 7.59. The maximum atomic E-state index is 12.1. The molecule has 0 saturated carbocycles.